The van der Waals surface area contributed by atoms with E-state index in [4.69, 9.17) is 5.11 Å². The molecule has 0 aliphatic carbocycles. The molecule has 0 spiro atoms. The van der Waals surface area contributed by atoms with Gasteiger partial charge in [-0.25, -0.2) is 4.79 Å². The fourth-order valence-electron chi connectivity index (χ4n) is 2.32. The third-order valence-electron chi connectivity index (χ3n) is 3.64. The standard InChI is InChI=1S/C14H27N3O3/c1-11(9-12(18)19)10-15-13(20)16-5-7-17(8-6-16)14(2,3)4/h11H,5-10H2,1-4H3,(H,15,20)(H,18,19). The monoisotopic (exact) mass is 285 g/mol. The summed E-state index contributed by atoms with van der Waals surface area (Å²) in [6.07, 6.45) is 0.0814. The van der Waals surface area contributed by atoms with Crippen LogP contribution in [-0.4, -0.2) is 65.2 Å². The van der Waals surface area contributed by atoms with E-state index in [2.05, 4.69) is 31.0 Å². The summed E-state index contributed by atoms with van der Waals surface area (Å²) < 4.78 is 0. The molecule has 1 rings (SSSR count). The number of carbonyl (C=O) groups is 2. The molecular weight excluding hydrogens is 258 g/mol. The number of hydrogen-bond donors (Lipinski definition) is 2. The molecule has 1 heterocycles. The second kappa shape index (κ2) is 6.92. The van der Waals surface area contributed by atoms with Gasteiger partial charge in [0.2, 0.25) is 0 Å². The van der Waals surface area contributed by atoms with Gasteiger partial charge in [0, 0.05) is 44.7 Å². The van der Waals surface area contributed by atoms with E-state index in [1.807, 2.05) is 6.92 Å². The Balaban J connectivity index is 2.31. The van der Waals surface area contributed by atoms with Gasteiger partial charge in [0.25, 0.3) is 0 Å². The molecule has 20 heavy (non-hydrogen) atoms. The van der Waals surface area contributed by atoms with Crippen LogP contribution in [0.1, 0.15) is 34.1 Å². The van der Waals surface area contributed by atoms with Crippen LogP contribution >= 0.6 is 0 Å². The minimum Gasteiger partial charge on any atom is -0.481 e. The Morgan fingerprint density at radius 1 is 1.20 bits per heavy atom. The first kappa shape index (κ1) is 16.8. The molecule has 116 valence electrons. The third kappa shape index (κ3) is 5.36. The first-order valence-electron chi connectivity index (χ1n) is 7.19. The molecule has 6 heteroatoms. The molecule has 1 saturated heterocycles. The number of piperazine rings is 1. The highest BCUT2D eigenvalue weighted by molar-refractivity contribution is 5.74. The number of hydrogen-bond acceptors (Lipinski definition) is 3. The maximum Gasteiger partial charge on any atom is 0.317 e. The fourth-order valence-corrected chi connectivity index (χ4v) is 2.32. The van der Waals surface area contributed by atoms with Crippen molar-refractivity contribution in [2.24, 2.45) is 5.92 Å². The number of carbonyl (C=O) groups excluding carboxylic acids is 1. The smallest absolute Gasteiger partial charge is 0.317 e. The van der Waals surface area contributed by atoms with Crippen molar-refractivity contribution in [3.05, 3.63) is 0 Å². The number of nitrogens with zero attached hydrogens (tertiary/aromatic N) is 2. The molecule has 0 bridgehead atoms. The summed E-state index contributed by atoms with van der Waals surface area (Å²) in [6.45, 7) is 12.0. The van der Waals surface area contributed by atoms with E-state index in [0.29, 0.717) is 6.54 Å². The second-order valence-corrected chi connectivity index (χ2v) is 6.53. The highest BCUT2D eigenvalue weighted by Gasteiger charge is 2.27. The number of rotatable bonds is 4. The van der Waals surface area contributed by atoms with Crippen molar-refractivity contribution in [1.82, 2.24) is 15.1 Å². The Bertz CT molecular complexity index is 344. The Morgan fingerprint density at radius 2 is 1.75 bits per heavy atom. The van der Waals surface area contributed by atoms with Gasteiger partial charge in [-0.1, -0.05) is 6.92 Å². The molecule has 1 aliphatic rings. The van der Waals surface area contributed by atoms with E-state index in [-0.39, 0.29) is 23.9 Å². The van der Waals surface area contributed by atoms with Crippen LogP contribution in [-0.2, 0) is 4.79 Å². The van der Waals surface area contributed by atoms with Crippen molar-refractivity contribution in [2.45, 2.75) is 39.7 Å². The lowest BCUT2D eigenvalue weighted by Gasteiger charge is -2.42. The molecular formula is C14H27N3O3. The summed E-state index contributed by atoms with van der Waals surface area (Å²) in [5.41, 5.74) is 0.137. The molecule has 2 amide bonds. The molecule has 2 N–H and O–H groups in total. The van der Waals surface area contributed by atoms with Crippen molar-refractivity contribution < 1.29 is 14.7 Å². The van der Waals surface area contributed by atoms with Gasteiger partial charge < -0.3 is 15.3 Å². The zero-order chi connectivity index (χ0) is 15.3. The zero-order valence-corrected chi connectivity index (χ0v) is 13.0. The average Bonchev–Trinajstić information content (AvgIpc) is 2.34. The van der Waals surface area contributed by atoms with Crippen molar-refractivity contribution in [1.29, 1.82) is 0 Å². The molecule has 0 aromatic heterocycles. The van der Waals surface area contributed by atoms with Crippen LogP contribution < -0.4 is 5.32 Å². The van der Waals surface area contributed by atoms with E-state index in [9.17, 15) is 9.59 Å². The first-order chi connectivity index (χ1) is 9.20. The highest BCUT2D eigenvalue weighted by Crippen LogP contribution is 2.15. The molecule has 6 nitrogen and oxygen atoms in total. The zero-order valence-electron chi connectivity index (χ0n) is 13.0. The number of carboxylic acid groups (broad SMARTS) is 1. The van der Waals surface area contributed by atoms with Crippen molar-refractivity contribution in [3.63, 3.8) is 0 Å². The lowest BCUT2D eigenvalue weighted by molar-refractivity contribution is -0.137. The van der Waals surface area contributed by atoms with Gasteiger partial charge in [0.05, 0.1) is 0 Å². The van der Waals surface area contributed by atoms with Crippen LogP contribution in [0.3, 0.4) is 0 Å². The number of carboxylic acids is 1. The highest BCUT2D eigenvalue weighted by atomic mass is 16.4. The minimum absolute atomic E-state index is 0.0488. The normalized spacial score (nSPS) is 18.7. The van der Waals surface area contributed by atoms with Crippen LogP contribution in [0.15, 0.2) is 0 Å². The van der Waals surface area contributed by atoms with Crippen LogP contribution in [0.4, 0.5) is 4.79 Å². The van der Waals surface area contributed by atoms with Crippen LogP contribution in [0, 0.1) is 5.92 Å². The van der Waals surface area contributed by atoms with Crippen molar-refractivity contribution in [3.8, 4) is 0 Å². The van der Waals surface area contributed by atoms with Crippen LogP contribution in [0.5, 0.6) is 0 Å². The van der Waals surface area contributed by atoms with E-state index < -0.39 is 5.97 Å². The molecule has 0 aromatic rings. The summed E-state index contributed by atoms with van der Waals surface area (Å²) in [4.78, 5) is 26.7. The number of aliphatic carboxylic acids is 1. The molecule has 0 radical (unpaired) electrons. The van der Waals surface area contributed by atoms with Crippen molar-refractivity contribution >= 4 is 12.0 Å². The van der Waals surface area contributed by atoms with E-state index in [0.717, 1.165) is 26.2 Å². The molecule has 0 saturated carbocycles. The van der Waals surface area contributed by atoms with Crippen LogP contribution in [0.2, 0.25) is 0 Å². The second-order valence-electron chi connectivity index (χ2n) is 6.53. The summed E-state index contributed by atoms with van der Waals surface area (Å²) in [5, 5.41) is 11.5. The SMILES string of the molecule is CC(CNC(=O)N1CCN(C(C)(C)C)CC1)CC(=O)O. The summed E-state index contributed by atoms with van der Waals surface area (Å²) >= 11 is 0. The first-order valence-corrected chi connectivity index (χ1v) is 7.19. The predicted molar refractivity (Wildman–Crippen MR) is 77.7 cm³/mol. The van der Waals surface area contributed by atoms with E-state index >= 15 is 0 Å². The number of urea groups is 1. The predicted octanol–water partition coefficient (Wildman–Crippen LogP) is 1.22. The number of nitrogens with one attached hydrogen (secondary N) is 1. The van der Waals surface area contributed by atoms with Gasteiger partial charge in [-0.2, -0.15) is 0 Å². The lowest BCUT2D eigenvalue weighted by atomic mass is 10.1. The Hall–Kier alpha value is -1.30. The number of amides is 2. The fraction of sp³-hybridized carbons (Fsp3) is 0.857. The van der Waals surface area contributed by atoms with Gasteiger partial charge in [-0.15, -0.1) is 0 Å². The lowest BCUT2D eigenvalue weighted by Crippen LogP contribution is -2.56. The largest absolute Gasteiger partial charge is 0.481 e. The maximum atomic E-state index is 12.0. The summed E-state index contributed by atoms with van der Waals surface area (Å²) in [7, 11) is 0. The maximum absolute atomic E-state index is 12.0. The molecule has 1 aliphatic heterocycles. The summed E-state index contributed by atoms with van der Waals surface area (Å²) in [5.74, 6) is -0.877. The molecule has 1 fully saturated rings. The van der Waals surface area contributed by atoms with Crippen molar-refractivity contribution in [2.75, 3.05) is 32.7 Å². The Labute approximate surface area is 121 Å². The Kier molecular flexibility index (Phi) is 5.80. The van der Waals surface area contributed by atoms with Gasteiger partial charge in [0.1, 0.15) is 0 Å². The van der Waals surface area contributed by atoms with Gasteiger partial charge in [-0.05, 0) is 26.7 Å². The topological polar surface area (TPSA) is 72.9 Å². The average molecular weight is 285 g/mol. The van der Waals surface area contributed by atoms with Gasteiger partial charge in [0.15, 0.2) is 0 Å². The van der Waals surface area contributed by atoms with Gasteiger partial charge >= 0.3 is 12.0 Å². The quantitative estimate of drug-likeness (QED) is 0.814. The van der Waals surface area contributed by atoms with Crippen LogP contribution in [0.25, 0.3) is 0 Å². The van der Waals surface area contributed by atoms with Gasteiger partial charge in [-0.3, -0.25) is 9.69 Å². The molecule has 1 atom stereocenters. The minimum atomic E-state index is -0.828. The van der Waals surface area contributed by atoms with E-state index in [1.54, 1.807) is 4.90 Å². The summed E-state index contributed by atoms with van der Waals surface area (Å²) in [6, 6.07) is -0.0872. The van der Waals surface area contributed by atoms with E-state index in [1.165, 1.54) is 0 Å². The molecule has 0 aromatic carbocycles. The third-order valence-corrected chi connectivity index (χ3v) is 3.64. The Morgan fingerprint density at radius 3 is 2.20 bits per heavy atom. The molecule has 1 unspecified atom stereocenters.